The Kier molecular flexibility index (Phi) is 7.31. The fourth-order valence-corrected chi connectivity index (χ4v) is 2.35. The number of nitrogens with two attached hydrogens (primary N) is 1. The first kappa shape index (κ1) is 16.7. The zero-order valence-corrected chi connectivity index (χ0v) is 13.1. The molecule has 1 amide bonds. The average Bonchev–Trinajstić information content (AvgIpc) is 2.44. The van der Waals surface area contributed by atoms with Gasteiger partial charge in [-0.25, -0.2) is 0 Å². The maximum absolute atomic E-state index is 12.4. The van der Waals surface area contributed by atoms with Crippen LogP contribution in [-0.2, 0) is 11.3 Å². The zero-order chi connectivity index (χ0) is 15.0. The van der Waals surface area contributed by atoms with E-state index in [1.807, 2.05) is 29.2 Å². The molecular formula is C17H28N2O. The van der Waals surface area contributed by atoms with Gasteiger partial charge in [0.25, 0.3) is 0 Å². The first-order valence-electron chi connectivity index (χ1n) is 7.71. The van der Waals surface area contributed by atoms with Crippen molar-refractivity contribution in [1.29, 1.82) is 0 Å². The quantitative estimate of drug-likeness (QED) is 0.733. The van der Waals surface area contributed by atoms with Crippen molar-refractivity contribution in [2.75, 3.05) is 4.90 Å². The van der Waals surface area contributed by atoms with Gasteiger partial charge in [0.2, 0.25) is 5.91 Å². The van der Waals surface area contributed by atoms with Crippen molar-refractivity contribution in [3.8, 4) is 0 Å². The maximum atomic E-state index is 12.4. The summed E-state index contributed by atoms with van der Waals surface area (Å²) in [5.74, 6) is 0.219. The lowest BCUT2D eigenvalue weighted by Gasteiger charge is -2.27. The maximum Gasteiger partial charge on any atom is 0.227 e. The lowest BCUT2D eigenvalue weighted by atomic mass is 10.1. The molecule has 0 fully saturated rings. The second kappa shape index (κ2) is 8.75. The summed E-state index contributed by atoms with van der Waals surface area (Å²) in [5.41, 5.74) is 7.67. The monoisotopic (exact) mass is 276 g/mol. The lowest BCUT2D eigenvalue weighted by molar-refractivity contribution is -0.119. The third-order valence-electron chi connectivity index (χ3n) is 3.48. The molecule has 0 aliphatic rings. The van der Waals surface area contributed by atoms with E-state index in [0.29, 0.717) is 13.0 Å². The number of amides is 1. The molecule has 0 unspecified atom stereocenters. The topological polar surface area (TPSA) is 46.3 Å². The summed E-state index contributed by atoms with van der Waals surface area (Å²) in [6, 6.07) is 8.15. The van der Waals surface area contributed by atoms with Crippen molar-refractivity contribution in [3.05, 3.63) is 29.8 Å². The van der Waals surface area contributed by atoms with E-state index in [1.165, 1.54) is 12.8 Å². The van der Waals surface area contributed by atoms with Crippen molar-refractivity contribution >= 4 is 11.6 Å². The first-order chi connectivity index (χ1) is 9.60. The van der Waals surface area contributed by atoms with Crippen LogP contribution in [0.4, 0.5) is 5.69 Å². The van der Waals surface area contributed by atoms with Gasteiger partial charge in [-0.2, -0.15) is 0 Å². The van der Waals surface area contributed by atoms with Crippen LogP contribution in [0.15, 0.2) is 24.3 Å². The van der Waals surface area contributed by atoms with Gasteiger partial charge in [-0.3, -0.25) is 4.79 Å². The summed E-state index contributed by atoms with van der Waals surface area (Å²) in [7, 11) is 0. The highest BCUT2D eigenvalue weighted by Gasteiger charge is 2.18. The molecule has 0 saturated carbocycles. The Morgan fingerprint density at radius 2 is 1.80 bits per heavy atom. The standard InChI is InChI=1S/C17H28N2O/c1-4-5-6-7-8-17(20)19(14(2)3)16-11-9-15(13-18)10-12-16/h9-12,14H,4-8,13,18H2,1-3H3. The number of nitrogens with zero attached hydrogens (tertiary/aromatic N) is 1. The zero-order valence-electron chi connectivity index (χ0n) is 13.1. The van der Waals surface area contributed by atoms with E-state index in [1.54, 1.807) is 0 Å². The number of carbonyl (C=O) groups excluding carboxylic acids is 1. The van der Waals surface area contributed by atoms with Crippen molar-refractivity contribution in [1.82, 2.24) is 0 Å². The number of hydrogen-bond donors (Lipinski definition) is 1. The molecule has 0 aromatic heterocycles. The smallest absolute Gasteiger partial charge is 0.227 e. The molecule has 0 atom stereocenters. The second-order valence-corrected chi connectivity index (χ2v) is 5.54. The van der Waals surface area contributed by atoms with E-state index in [4.69, 9.17) is 5.73 Å². The van der Waals surface area contributed by atoms with Gasteiger partial charge in [0, 0.05) is 24.7 Å². The molecule has 1 aromatic rings. The molecule has 0 heterocycles. The summed E-state index contributed by atoms with van der Waals surface area (Å²) < 4.78 is 0. The van der Waals surface area contributed by atoms with E-state index in [0.717, 1.165) is 24.1 Å². The van der Waals surface area contributed by atoms with Gasteiger partial charge in [0.1, 0.15) is 0 Å². The fourth-order valence-electron chi connectivity index (χ4n) is 2.35. The van der Waals surface area contributed by atoms with Gasteiger partial charge >= 0.3 is 0 Å². The van der Waals surface area contributed by atoms with Crippen molar-refractivity contribution < 1.29 is 4.79 Å². The Balaban J connectivity index is 2.69. The summed E-state index contributed by atoms with van der Waals surface area (Å²) in [6.45, 7) is 6.83. The SMILES string of the molecule is CCCCCCC(=O)N(c1ccc(CN)cc1)C(C)C. The Labute approximate surface area is 123 Å². The van der Waals surface area contributed by atoms with Crippen LogP contribution in [0.3, 0.4) is 0 Å². The number of carbonyl (C=O) groups is 1. The molecule has 0 bridgehead atoms. The molecule has 0 saturated heterocycles. The highest BCUT2D eigenvalue weighted by atomic mass is 16.2. The van der Waals surface area contributed by atoms with Crippen molar-refractivity contribution in [3.63, 3.8) is 0 Å². The minimum Gasteiger partial charge on any atom is -0.326 e. The van der Waals surface area contributed by atoms with Crippen LogP contribution < -0.4 is 10.6 Å². The average molecular weight is 276 g/mol. The van der Waals surface area contributed by atoms with Crippen molar-refractivity contribution in [2.45, 2.75) is 65.5 Å². The summed E-state index contributed by atoms with van der Waals surface area (Å²) in [4.78, 5) is 14.3. The number of rotatable bonds is 8. The van der Waals surface area contributed by atoms with Crippen LogP contribution >= 0.6 is 0 Å². The molecule has 1 rings (SSSR count). The third kappa shape index (κ3) is 4.97. The third-order valence-corrected chi connectivity index (χ3v) is 3.48. The predicted molar refractivity (Wildman–Crippen MR) is 85.7 cm³/mol. The number of hydrogen-bond acceptors (Lipinski definition) is 2. The van der Waals surface area contributed by atoms with E-state index < -0.39 is 0 Å². The fraction of sp³-hybridized carbons (Fsp3) is 0.588. The first-order valence-corrected chi connectivity index (χ1v) is 7.71. The molecule has 0 aliphatic carbocycles. The summed E-state index contributed by atoms with van der Waals surface area (Å²) in [6.07, 6.45) is 5.16. The number of benzene rings is 1. The van der Waals surface area contributed by atoms with E-state index >= 15 is 0 Å². The number of anilines is 1. The molecule has 0 aliphatic heterocycles. The van der Waals surface area contributed by atoms with Crippen LogP contribution in [0.5, 0.6) is 0 Å². The van der Waals surface area contributed by atoms with Gasteiger partial charge in [-0.15, -0.1) is 0 Å². The minimum absolute atomic E-state index is 0.178. The van der Waals surface area contributed by atoms with Crippen LogP contribution in [0, 0.1) is 0 Å². The highest BCUT2D eigenvalue weighted by Crippen LogP contribution is 2.20. The van der Waals surface area contributed by atoms with Gasteiger partial charge in [-0.05, 0) is 38.0 Å². The largest absolute Gasteiger partial charge is 0.326 e. The Morgan fingerprint density at radius 1 is 1.15 bits per heavy atom. The molecule has 0 spiro atoms. The Morgan fingerprint density at radius 3 is 2.30 bits per heavy atom. The van der Waals surface area contributed by atoms with Gasteiger partial charge in [0.15, 0.2) is 0 Å². The minimum atomic E-state index is 0.178. The molecule has 20 heavy (non-hydrogen) atoms. The van der Waals surface area contributed by atoms with Crippen LogP contribution in [0.25, 0.3) is 0 Å². The van der Waals surface area contributed by atoms with Gasteiger partial charge in [-0.1, -0.05) is 38.3 Å². The highest BCUT2D eigenvalue weighted by molar-refractivity contribution is 5.93. The van der Waals surface area contributed by atoms with Gasteiger partial charge < -0.3 is 10.6 Å². The Bertz CT molecular complexity index is 398. The van der Waals surface area contributed by atoms with Crippen LogP contribution in [0.2, 0.25) is 0 Å². The second-order valence-electron chi connectivity index (χ2n) is 5.54. The number of unbranched alkanes of at least 4 members (excludes halogenated alkanes) is 3. The molecule has 2 N–H and O–H groups in total. The Hall–Kier alpha value is -1.35. The normalized spacial score (nSPS) is 10.8. The molecule has 0 radical (unpaired) electrons. The summed E-state index contributed by atoms with van der Waals surface area (Å²) in [5, 5.41) is 0. The predicted octanol–water partition coefficient (Wildman–Crippen LogP) is 3.86. The summed E-state index contributed by atoms with van der Waals surface area (Å²) >= 11 is 0. The van der Waals surface area contributed by atoms with E-state index in [2.05, 4.69) is 20.8 Å². The van der Waals surface area contributed by atoms with E-state index in [-0.39, 0.29) is 11.9 Å². The molecule has 3 nitrogen and oxygen atoms in total. The molecule has 3 heteroatoms. The van der Waals surface area contributed by atoms with Crippen LogP contribution in [0.1, 0.15) is 58.4 Å². The molecular weight excluding hydrogens is 248 g/mol. The molecule has 112 valence electrons. The van der Waals surface area contributed by atoms with Crippen molar-refractivity contribution in [2.24, 2.45) is 5.73 Å². The molecule has 1 aromatic carbocycles. The van der Waals surface area contributed by atoms with Gasteiger partial charge in [0.05, 0.1) is 0 Å². The van der Waals surface area contributed by atoms with E-state index in [9.17, 15) is 4.79 Å². The lowest BCUT2D eigenvalue weighted by Crippen LogP contribution is -2.36. The van der Waals surface area contributed by atoms with Crippen LogP contribution in [-0.4, -0.2) is 11.9 Å².